The SMILES string of the molecule is COC1CC(NC(=O)C2(C)CCCCN2)C1(C)C. The molecule has 2 fully saturated rings. The van der Waals surface area contributed by atoms with Gasteiger partial charge in [0.1, 0.15) is 0 Å². The Morgan fingerprint density at radius 1 is 1.33 bits per heavy atom. The highest BCUT2D eigenvalue weighted by Gasteiger charge is 2.50. The summed E-state index contributed by atoms with van der Waals surface area (Å²) in [6, 6.07) is 0.232. The van der Waals surface area contributed by atoms with Gasteiger partial charge in [-0.25, -0.2) is 0 Å². The molecule has 1 amide bonds. The zero-order valence-electron chi connectivity index (χ0n) is 12.0. The van der Waals surface area contributed by atoms with E-state index >= 15 is 0 Å². The smallest absolute Gasteiger partial charge is 0.240 e. The molecule has 2 rings (SSSR count). The molecule has 4 nitrogen and oxygen atoms in total. The maximum absolute atomic E-state index is 12.4. The molecule has 4 heteroatoms. The quantitative estimate of drug-likeness (QED) is 0.801. The normalized spacial score (nSPS) is 38.9. The first-order chi connectivity index (χ1) is 8.40. The number of methoxy groups -OCH3 is 1. The standard InChI is InChI=1S/C14H26N2O2/c1-13(2)10(9-11(13)18-4)16-12(17)14(3)7-5-6-8-15-14/h10-11,15H,5-9H2,1-4H3,(H,16,17). The van der Waals surface area contributed by atoms with Crippen LogP contribution in [0, 0.1) is 5.41 Å². The molecule has 0 aromatic rings. The molecule has 2 N–H and O–H groups in total. The first kappa shape index (κ1) is 13.8. The van der Waals surface area contributed by atoms with Crippen molar-refractivity contribution in [3.63, 3.8) is 0 Å². The number of amides is 1. The summed E-state index contributed by atoms with van der Waals surface area (Å²) in [5.41, 5.74) is -0.345. The molecule has 1 saturated heterocycles. The van der Waals surface area contributed by atoms with Gasteiger partial charge in [-0.05, 0) is 39.2 Å². The summed E-state index contributed by atoms with van der Waals surface area (Å²) in [6.07, 6.45) is 4.41. The van der Waals surface area contributed by atoms with Crippen molar-refractivity contribution in [1.29, 1.82) is 0 Å². The fourth-order valence-corrected chi connectivity index (χ4v) is 3.10. The van der Waals surface area contributed by atoms with Gasteiger partial charge in [0.05, 0.1) is 11.6 Å². The number of rotatable bonds is 3. The summed E-state index contributed by atoms with van der Waals surface area (Å²) in [7, 11) is 1.74. The monoisotopic (exact) mass is 254 g/mol. The van der Waals surface area contributed by atoms with Gasteiger partial charge in [0.15, 0.2) is 0 Å². The summed E-state index contributed by atoms with van der Waals surface area (Å²) in [4.78, 5) is 12.4. The molecule has 0 bridgehead atoms. The Balaban J connectivity index is 1.92. The van der Waals surface area contributed by atoms with Crippen molar-refractivity contribution in [3.8, 4) is 0 Å². The summed E-state index contributed by atoms with van der Waals surface area (Å²) >= 11 is 0. The molecule has 0 aromatic heterocycles. The Kier molecular flexibility index (Phi) is 3.70. The van der Waals surface area contributed by atoms with Gasteiger partial charge in [0, 0.05) is 18.6 Å². The Hall–Kier alpha value is -0.610. The van der Waals surface area contributed by atoms with Gasteiger partial charge in [-0.1, -0.05) is 13.8 Å². The van der Waals surface area contributed by atoms with Crippen LogP contribution < -0.4 is 10.6 Å². The summed E-state index contributed by atoms with van der Waals surface area (Å²) in [5.74, 6) is 0.148. The van der Waals surface area contributed by atoms with Crippen molar-refractivity contribution in [2.75, 3.05) is 13.7 Å². The maximum atomic E-state index is 12.4. The molecule has 1 aliphatic carbocycles. The van der Waals surface area contributed by atoms with E-state index in [1.807, 2.05) is 6.92 Å². The summed E-state index contributed by atoms with van der Waals surface area (Å²) in [5, 5.41) is 6.56. The van der Waals surface area contributed by atoms with Crippen molar-refractivity contribution in [2.45, 2.75) is 64.1 Å². The number of ether oxygens (including phenoxy) is 1. The third-order valence-corrected chi connectivity index (χ3v) is 4.89. The number of piperidine rings is 1. The lowest BCUT2D eigenvalue weighted by Crippen LogP contribution is -2.66. The lowest BCUT2D eigenvalue weighted by Gasteiger charge is -2.52. The molecule has 3 unspecified atom stereocenters. The van der Waals surface area contributed by atoms with Crippen LogP contribution in [-0.4, -0.2) is 37.2 Å². The van der Waals surface area contributed by atoms with Crippen molar-refractivity contribution in [3.05, 3.63) is 0 Å². The van der Waals surface area contributed by atoms with Crippen LogP contribution in [0.3, 0.4) is 0 Å². The minimum atomic E-state index is -0.382. The van der Waals surface area contributed by atoms with E-state index in [1.54, 1.807) is 7.11 Å². The third kappa shape index (κ3) is 2.28. The molecule has 1 saturated carbocycles. The number of hydrogen-bond donors (Lipinski definition) is 2. The molecule has 3 atom stereocenters. The zero-order chi connectivity index (χ0) is 13.4. The van der Waals surface area contributed by atoms with E-state index in [4.69, 9.17) is 4.74 Å². The molecular weight excluding hydrogens is 228 g/mol. The zero-order valence-corrected chi connectivity index (χ0v) is 12.0. The number of carbonyl (C=O) groups is 1. The fraction of sp³-hybridized carbons (Fsp3) is 0.929. The second kappa shape index (κ2) is 4.82. The lowest BCUT2D eigenvalue weighted by molar-refractivity contribution is -0.138. The molecule has 0 radical (unpaired) electrons. The Morgan fingerprint density at radius 3 is 2.56 bits per heavy atom. The van der Waals surface area contributed by atoms with Gasteiger partial charge in [-0.3, -0.25) is 4.79 Å². The molecule has 18 heavy (non-hydrogen) atoms. The molecule has 2 aliphatic rings. The molecule has 0 aromatic carbocycles. The number of carbonyl (C=O) groups excluding carboxylic acids is 1. The van der Waals surface area contributed by atoms with Crippen LogP contribution in [0.4, 0.5) is 0 Å². The van der Waals surface area contributed by atoms with Gasteiger partial charge in [-0.15, -0.1) is 0 Å². The predicted octanol–water partition coefficient (Wildman–Crippen LogP) is 1.45. The first-order valence-electron chi connectivity index (χ1n) is 6.99. The van der Waals surface area contributed by atoms with Crippen molar-refractivity contribution in [1.82, 2.24) is 10.6 Å². The van der Waals surface area contributed by atoms with Crippen LogP contribution in [-0.2, 0) is 9.53 Å². The molecule has 104 valence electrons. The largest absolute Gasteiger partial charge is 0.381 e. The molecular formula is C14H26N2O2. The molecule has 1 heterocycles. The highest BCUT2D eigenvalue weighted by Crippen LogP contribution is 2.42. The van der Waals surface area contributed by atoms with Gasteiger partial charge in [0.25, 0.3) is 0 Å². The second-order valence-corrected chi connectivity index (χ2v) is 6.52. The first-order valence-corrected chi connectivity index (χ1v) is 6.99. The van der Waals surface area contributed by atoms with E-state index in [0.29, 0.717) is 0 Å². The van der Waals surface area contributed by atoms with Crippen LogP contribution in [0.5, 0.6) is 0 Å². The summed E-state index contributed by atoms with van der Waals surface area (Å²) < 4.78 is 5.42. The summed E-state index contributed by atoms with van der Waals surface area (Å²) in [6.45, 7) is 7.28. The Labute approximate surface area is 110 Å². The lowest BCUT2D eigenvalue weighted by atomic mass is 9.64. The van der Waals surface area contributed by atoms with Crippen LogP contribution >= 0.6 is 0 Å². The van der Waals surface area contributed by atoms with E-state index in [2.05, 4.69) is 24.5 Å². The Bertz CT molecular complexity index is 322. The maximum Gasteiger partial charge on any atom is 0.240 e. The van der Waals surface area contributed by atoms with E-state index in [-0.39, 0.29) is 29.0 Å². The average Bonchev–Trinajstić information content (AvgIpc) is 2.34. The van der Waals surface area contributed by atoms with Crippen molar-refractivity contribution < 1.29 is 9.53 Å². The Morgan fingerprint density at radius 2 is 2.06 bits per heavy atom. The van der Waals surface area contributed by atoms with Gasteiger partial charge in [0.2, 0.25) is 5.91 Å². The van der Waals surface area contributed by atoms with E-state index in [0.717, 1.165) is 25.8 Å². The highest BCUT2D eigenvalue weighted by molar-refractivity contribution is 5.86. The van der Waals surface area contributed by atoms with Gasteiger partial charge >= 0.3 is 0 Å². The minimum Gasteiger partial charge on any atom is -0.381 e. The van der Waals surface area contributed by atoms with Crippen LogP contribution in [0.25, 0.3) is 0 Å². The topological polar surface area (TPSA) is 50.4 Å². The van der Waals surface area contributed by atoms with E-state index < -0.39 is 0 Å². The third-order valence-electron chi connectivity index (χ3n) is 4.89. The minimum absolute atomic E-state index is 0.0371. The van der Waals surface area contributed by atoms with Crippen LogP contribution in [0.15, 0.2) is 0 Å². The van der Waals surface area contributed by atoms with Crippen LogP contribution in [0.2, 0.25) is 0 Å². The molecule has 0 spiro atoms. The van der Waals surface area contributed by atoms with Crippen molar-refractivity contribution in [2.24, 2.45) is 5.41 Å². The average molecular weight is 254 g/mol. The second-order valence-electron chi connectivity index (χ2n) is 6.52. The number of hydrogen-bond acceptors (Lipinski definition) is 3. The van der Waals surface area contributed by atoms with E-state index in [9.17, 15) is 4.79 Å². The predicted molar refractivity (Wildman–Crippen MR) is 71.4 cm³/mol. The van der Waals surface area contributed by atoms with Gasteiger partial charge in [-0.2, -0.15) is 0 Å². The highest BCUT2D eigenvalue weighted by atomic mass is 16.5. The number of nitrogens with one attached hydrogen (secondary N) is 2. The van der Waals surface area contributed by atoms with Gasteiger partial charge < -0.3 is 15.4 Å². The van der Waals surface area contributed by atoms with Crippen LogP contribution in [0.1, 0.15) is 46.5 Å². The van der Waals surface area contributed by atoms with Crippen molar-refractivity contribution >= 4 is 5.91 Å². The fourth-order valence-electron chi connectivity index (χ4n) is 3.10. The van der Waals surface area contributed by atoms with E-state index in [1.165, 1.54) is 6.42 Å². The molecule has 1 aliphatic heterocycles.